The third kappa shape index (κ3) is 2.83. The normalized spacial score (nSPS) is 10.4. The molecule has 3 aromatic rings. The number of aromatic amines is 1. The zero-order chi connectivity index (χ0) is 15.5. The molecule has 1 aromatic carbocycles. The number of benzene rings is 1. The van der Waals surface area contributed by atoms with Crippen LogP contribution in [0, 0.1) is 6.92 Å². The summed E-state index contributed by atoms with van der Waals surface area (Å²) in [6, 6.07) is 13.4. The van der Waals surface area contributed by atoms with E-state index in [4.69, 9.17) is 10.5 Å². The maximum absolute atomic E-state index is 11.1. The molecule has 22 heavy (non-hydrogen) atoms. The maximum Gasteiger partial charge on any atom is 0.410 e. The van der Waals surface area contributed by atoms with Gasteiger partial charge < -0.3 is 15.5 Å². The zero-order valence-electron chi connectivity index (χ0n) is 12.0. The molecule has 2 aromatic heterocycles. The number of aryl methyl sites for hydroxylation is 1. The second-order valence-electron chi connectivity index (χ2n) is 4.95. The summed E-state index contributed by atoms with van der Waals surface area (Å²) in [5.74, 6) is 0.407. The van der Waals surface area contributed by atoms with Crippen molar-refractivity contribution in [2.24, 2.45) is 5.73 Å². The number of carbonyl (C=O) groups excluding carboxylic acids is 1. The zero-order valence-corrected chi connectivity index (χ0v) is 12.0. The molecule has 0 aliphatic carbocycles. The molecule has 5 nitrogen and oxygen atoms in total. The second kappa shape index (κ2) is 5.73. The Labute approximate surface area is 127 Å². The van der Waals surface area contributed by atoms with Gasteiger partial charge in [0.05, 0.1) is 5.69 Å². The van der Waals surface area contributed by atoms with Crippen LogP contribution in [0.1, 0.15) is 5.56 Å². The van der Waals surface area contributed by atoms with Gasteiger partial charge in [0, 0.05) is 35.3 Å². The highest BCUT2D eigenvalue weighted by Gasteiger charge is 2.14. The highest BCUT2D eigenvalue weighted by molar-refractivity contribution is 5.78. The molecule has 3 N–H and O–H groups in total. The van der Waals surface area contributed by atoms with Gasteiger partial charge in [-0.3, -0.25) is 4.98 Å². The Bertz CT molecular complexity index is 810. The number of nitrogens with zero attached hydrogens (tertiary/aromatic N) is 1. The van der Waals surface area contributed by atoms with Crippen molar-refractivity contribution in [1.29, 1.82) is 0 Å². The van der Waals surface area contributed by atoms with E-state index in [0.717, 1.165) is 22.4 Å². The highest BCUT2D eigenvalue weighted by atomic mass is 16.5. The quantitative estimate of drug-likeness (QED) is 0.775. The Balaban J connectivity index is 2.11. The monoisotopic (exact) mass is 293 g/mol. The molecule has 1 amide bonds. The summed E-state index contributed by atoms with van der Waals surface area (Å²) in [4.78, 5) is 18.4. The predicted molar refractivity (Wildman–Crippen MR) is 84.4 cm³/mol. The Morgan fingerprint density at radius 3 is 2.59 bits per heavy atom. The van der Waals surface area contributed by atoms with Crippen LogP contribution in [-0.4, -0.2) is 16.1 Å². The van der Waals surface area contributed by atoms with Gasteiger partial charge in [0.15, 0.2) is 5.75 Å². The van der Waals surface area contributed by atoms with Crippen molar-refractivity contribution in [3.63, 3.8) is 0 Å². The van der Waals surface area contributed by atoms with E-state index in [1.165, 1.54) is 0 Å². The van der Waals surface area contributed by atoms with Crippen LogP contribution in [-0.2, 0) is 0 Å². The third-order valence-electron chi connectivity index (χ3n) is 3.29. The predicted octanol–water partition coefficient (Wildman–Crippen LogP) is 3.51. The van der Waals surface area contributed by atoms with Crippen LogP contribution in [0.5, 0.6) is 5.75 Å². The van der Waals surface area contributed by atoms with E-state index in [-0.39, 0.29) is 0 Å². The molecule has 0 saturated heterocycles. The van der Waals surface area contributed by atoms with Gasteiger partial charge in [-0.15, -0.1) is 0 Å². The fourth-order valence-corrected chi connectivity index (χ4v) is 2.33. The van der Waals surface area contributed by atoms with Gasteiger partial charge in [-0.25, -0.2) is 4.79 Å². The summed E-state index contributed by atoms with van der Waals surface area (Å²) >= 11 is 0. The lowest BCUT2D eigenvalue weighted by Crippen LogP contribution is -2.16. The van der Waals surface area contributed by atoms with Crippen LogP contribution in [0.25, 0.3) is 22.5 Å². The molecule has 0 aliphatic rings. The first-order chi connectivity index (χ1) is 10.6. The van der Waals surface area contributed by atoms with Crippen LogP contribution in [0.15, 0.2) is 54.9 Å². The summed E-state index contributed by atoms with van der Waals surface area (Å²) in [6.07, 6.45) is 2.57. The van der Waals surface area contributed by atoms with Crippen LogP contribution >= 0.6 is 0 Å². The lowest BCUT2D eigenvalue weighted by atomic mass is 10.1. The van der Waals surface area contributed by atoms with E-state index < -0.39 is 6.09 Å². The number of hydrogen-bond acceptors (Lipinski definition) is 3. The SMILES string of the molecule is Cc1cccc(-c2[nH]c(-c3ccncc3)cc2OC(N)=O)c1. The van der Waals surface area contributed by atoms with Gasteiger partial charge in [-0.2, -0.15) is 0 Å². The molecule has 110 valence electrons. The largest absolute Gasteiger partial charge is 0.410 e. The van der Waals surface area contributed by atoms with Crippen molar-refractivity contribution in [2.75, 3.05) is 0 Å². The summed E-state index contributed by atoms with van der Waals surface area (Å²) in [5, 5.41) is 0. The molecule has 0 bridgehead atoms. The number of primary amides is 1. The van der Waals surface area contributed by atoms with Crippen LogP contribution in [0.4, 0.5) is 4.79 Å². The lowest BCUT2D eigenvalue weighted by molar-refractivity contribution is 0.211. The minimum Gasteiger partial charge on any atom is -0.408 e. The first-order valence-corrected chi connectivity index (χ1v) is 6.81. The first kappa shape index (κ1) is 13.9. The Morgan fingerprint density at radius 1 is 1.14 bits per heavy atom. The molecule has 0 atom stereocenters. The van der Waals surface area contributed by atoms with Gasteiger partial charge in [0.1, 0.15) is 0 Å². The molecule has 0 fully saturated rings. The van der Waals surface area contributed by atoms with Crippen molar-refractivity contribution in [2.45, 2.75) is 6.92 Å². The average molecular weight is 293 g/mol. The van der Waals surface area contributed by atoms with Crippen molar-refractivity contribution < 1.29 is 9.53 Å². The number of carbonyl (C=O) groups is 1. The van der Waals surface area contributed by atoms with Crippen molar-refractivity contribution >= 4 is 6.09 Å². The number of amides is 1. The van der Waals surface area contributed by atoms with Gasteiger partial charge in [0.25, 0.3) is 0 Å². The van der Waals surface area contributed by atoms with E-state index in [0.29, 0.717) is 11.4 Å². The van der Waals surface area contributed by atoms with Gasteiger partial charge in [-0.1, -0.05) is 23.8 Å². The van der Waals surface area contributed by atoms with Gasteiger partial charge in [0.2, 0.25) is 0 Å². The number of H-pyrrole nitrogens is 1. The number of ether oxygens (including phenoxy) is 1. The number of nitrogens with two attached hydrogens (primary N) is 1. The summed E-state index contributed by atoms with van der Waals surface area (Å²) in [5.41, 5.74) is 9.70. The average Bonchev–Trinajstić information content (AvgIpc) is 2.91. The molecule has 0 radical (unpaired) electrons. The lowest BCUT2D eigenvalue weighted by Gasteiger charge is -2.04. The molecule has 0 aliphatic heterocycles. The van der Waals surface area contributed by atoms with E-state index in [1.54, 1.807) is 18.5 Å². The van der Waals surface area contributed by atoms with Gasteiger partial charge >= 0.3 is 6.09 Å². The van der Waals surface area contributed by atoms with Crippen LogP contribution < -0.4 is 10.5 Å². The molecule has 2 heterocycles. The molecule has 0 saturated carbocycles. The highest BCUT2D eigenvalue weighted by Crippen LogP contribution is 2.34. The smallest absolute Gasteiger partial charge is 0.408 e. The van der Waals surface area contributed by atoms with Crippen LogP contribution in [0.2, 0.25) is 0 Å². The number of pyridine rings is 1. The van der Waals surface area contributed by atoms with E-state index in [9.17, 15) is 4.79 Å². The summed E-state index contributed by atoms with van der Waals surface area (Å²) in [6.45, 7) is 2.00. The Kier molecular flexibility index (Phi) is 3.62. The Morgan fingerprint density at radius 2 is 1.91 bits per heavy atom. The molecule has 0 spiro atoms. The standard InChI is InChI=1S/C17H15N3O2/c1-11-3-2-4-13(9-11)16-15(22-17(18)21)10-14(20-16)12-5-7-19-8-6-12/h2-10,20H,1H3,(H2,18,21). The van der Waals surface area contributed by atoms with Crippen molar-refractivity contribution in [1.82, 2.24) is 9.97 Å². The molecule has 0 unspecified atom stereocenters. The number of aromatic nitrogens is 2. The topological polar surface area (TPSA) is 81.0 Å². The first-order valence-electron chi connectivity index (χ1n) is 6.81. The minimum absolute atomic E-state index is 0.407. The minimum atomic E-state index is -0.839. The molecule has 5 heteroatoms. The fraction of sp³-hybridized carbons (Fsp3) is 0.0588. The molecule has 3 rings (SSSR count). The second-order valence-corrected chi connectivity index (χ2v) is 4.95. The van der Waals surface area contributed by atoms with Gasteiger partial charge in [-0.05, 0) is 25.1 Å². The van der Waals surface area contributed by atoms with E-state index in [1.807, 2.05) is 43.3 Å². The van der Waals surface area contributed by atoms with Crippen molar-refractivity contribution in [3.05, 3.63) is 60.4 Å². The van der Waals surface area contributed by atoms with E-state index in [2.05, 4.69) is 9.97 Å². The molecular weight excluding hydrogens is 278 g/mol. The Hall–Kier alpha value is -3.08. The number of nitrogens with one attached hydrogen (secondary N) is 1. The summed E-state index contributed by atoms with van der Waals surface area (Å²) in [7, 11) is 0. The number of hydrogen-bond donors (Lipinski definition) is 2. The van der Waals surface area contributed by atoms with E-state index >= 15 is 0 Å². The number of rotatable bonds is 3. The third-order valence-corrected chi connectivity index (χ3v) is 3.29. The van der Waals surface area contributed by atoms with Crippen LogP contribution in [0.3, 0.4) is 0 Å². The molecular formula is C17H15N3O2. The fourth-order valence-electron chi connectivity index (χ4n) is 2.33. The van der Waals surface area contributed by atoms with Crippen molar-refractivity contribution in [3.8, 4) is 28.3 Å². The maximum atomic E-state index is 11.1. The summed E-state index contributed by atoms with van der Waals surface area (Å²) < 4.78 is 5.13.